The van der Waals surface area contributed by atoms with E-state index in [-0.39, 0.29) is 0 Å². The lowest BCUT2D eigenvalue weighted by molar-refractivity contribution is -0.143. The van der Waals surface area contributed by atoms with Gasteiger partial charge in [-0.1, -0.05) is 42.5 Å². The zero-order valence-corrected chi connectivity index (χ0v) is 19.7. The van der Waals surface area contributed by atoms with Crippen molar-refractivity contribution in [3.05, 3.63) is 90.1 Å². The Morgan fingerprint density at radius 1 is 1.00 bits per heavy atom. The number of hydrogen-bond donors (Lipinski definition) is 2. The molecule has 5 rings (SSSR count). The third-order valence-corrected chi connectivity index (χ3v) is 6.57. The number of hydrogen-bond acceptors (Lipinski definition) is 5. The van der Waals surface area contributed by atoms with Crippen LogP contribution in [0.3, 0.4) is 0 Å². The highest BCUT2D eigenvalue weighted by Crippen LogP contribution is 2.34. The molecule has 1 unspecified atom stereocenters. The van der Waals surface area contributed by atoms with Gasteiger partial charge in [-0.05, 0) is 35.9 Å². The standard InChI is InChI=1S/C28H29N3O4/c1-34-26-10-6-5-9-25(26)30-13-15-31(16-14-30)27(28(32)33)23-18-29-24-12-11-21(17-22(23)24)35-19-20-7-3-2-4-8-20/h2-12,17-18,27,29H,13-16,19H2,1H3,(H,32,33). The quantitative estimate of drug-likeness (QED) is 0.388. The summed E-state index contributed by atoms with van der Waals surface area (Å²) in [6, 6.07) is 23.0. The predicted octanol–water partition coefficient (Wildman–Crippen LogP) is 4.70. The number of nitrogens with zero attached hydrogens (tertiary/aromatic N) is 2. The van der Waals surface area contributed by atoms with Crippen LogP contribution in [0.1, 0.15) is 17.2 Å². The summed E-state index contributed by atoms with van der Waals surface area (Å²) in [5, 5.41) is 11.1. The Morgan fingerprint density at radius 2 is 1.74 bits per heavy atom. The summed E-state index contributed by atoms with van der Waals surface area (Å²) in [6.45, 7) is 3.16. The van der Waals surface area contributed by atoms with E-state index in [9.17, 15) is 9.90 Å². The minimum absolute atomic E-state index is 0.458. The average molecular weight is 472 g/mol. The molecule has 35 heavy (non-hydrogen) atoms. The molecule has 3 aromatic carbocycles. The van der Waals surface area contributed by atoms with E-state index in [1.807, 2.05) is 83.9 Å². The van der Waals surface area contributed by atoms with Crippen LogP contribution in [0.5, 0.6) is 11.5 Å². The lowest BCUT2D eigenvalue weighted by atomic mass is 10.0. The van der Waals surface area contributed by atoms with Crippen molar-refractivity contribution in [2.45, 2.75) is 12.6 Å². The zero-order chi connectivity index (χ0) is 24.2. The van der Waals surface area contributed by atoms with Gasteiger partial charge in [0.15, 0.2) is 0 Å². The Morgan fingerprint density at radius 3 is 2.49 bits per heavy atom. The number of aromatic nitrogens is 1. The molecular formula is C28H29N3O4. The topological polar surface area (TPSA) is 78.0 Å². The van der Waals surface area contributed by atoms with Gasteiger partial charge in [0.25, 0.3) is 0 Å². The first-order chi connectivity index (χ1) is 17.1. The fraction of sp³-hybridized carbons (Fsp3) is 0.250. The molecule has 1 atom stereocenters. The molecule has 1 saturated heterocycles. The molecule has 1 aliphatic rings. The number of methoxy groups -OCH3 is 1. The molecule has 7 nitrogen and oxygen atoms in total. The molecule has 1 aliphatic heterocycles. The fourth-order valence-corrected chi connectivity index (χ4v) is 4.78. The van der Waals surface area contributed by atoms with Gasteiger partial charge in [-0.2, -0.15) is 0 Å². The molecule has 1 fully saturated rings. The van der Waals surface area contributed by atoms with Gasteiger partial charge < -0.3 is 24.5 Å². The molecule has 4 aromatic rings. The molecule has 0 spiro atoms. The van der Waals surface area contributed by atoms with Crippen LogP contribution in [0, 0.1) is 0 Å². The number of carboxylic acids is 1. The van der Waals surface area contributed by atoms with Crippen LogP contribution in [0.2, 0.25) is 0 Å². The van der Waals surface area contributed by atoms with Crippen molar-refractivity contribution in [1.29, 1.82) is 0 Å². The Balaban J connectivity index is 1.35. The number of carboxylic acid groups (broad SMARTS) is 1. The van der Waals surface area contributed by atoms with Crippen molar-refractivity contribution >= 4 is 22.6 Å². The van der Waals surface area contributed by atoms with Crippen LogP contribution in [0.25, 0.3) is 10.9 Å². The fourth-order valence-electron chi connectivity index (χ4n) is 4.78. The van der Waals surface area contributed by atoms with E-state index in [0.29, 0.717) is 25.4 Å². The number of para-hydroxylation sites is 2. The number of H-pyrrole nitrogens is 1. The van der Waals surface area contributed by atoms with E-state index >= 15 is 0 Å². The highest BCUT2D eigenvalue weighted by Gasteiger charge is 2.32. The summed E-state index contributed by atoms with van der Waals surface area (Å²) in [7, 11) is 1.67. The lowest BCUT2D eigenvalue weighted by Gasteiger charge is -2.39. The summed E-state index contributed by atoms with van der Waals surface area (Å²) in [5.74, 6) is 0.690. The molecule has 0 aliphatic carbocycles. The van der Waals surface area contributed by atoms with Gasteiger partial charge in [-0.3, -0.25) is 9.69 Å². The second-order valence-corrected chi connectivity index (χ2v) is 8.66. The van der Waals surface area contributed by atoms with Crippen LogP contribution in [-0.4, -0.2) is 54.2 Å². The van der Waals surface area contributed by atoms with Gasteiger partial charge >= 0.3 is 5.97 Å². The number of benzene rings is 3. The summed E-state index contributed by atoms with van der Waals surface area (Å²) in [6.07, 6.45) is 1.82. The highest BCUT2D eigenvalue weighted by molar-refractivity contribution is 5.90. The van der Waals surface area contributed by atoms with E-state index in [1.165, 1.54) is 0 Å². The molecule has 2 N–H and O–H groups in total. The molecule has 7 heteroatoms. The van der Waals surface area contributed by atoms with Crippen molar-refractivity contribution in [1.82, 2.24) is 9.88 Å². The van der Waals surface area contributed by atoms with Gasteiger partial charge in [0.05, 0.1) is 12.8 Å². The van der Waals surface area contributed by atoms with E-state index < -0.39 is 12.0 Å². The minimum Gasteiger partial charge on any atom is -0.495 e. The third kappa shape index (κ3) is 4.81. The maximum atomic E-state index is 12.5. The van der Waals surface area contributed by atoms with Crippen LogP contribution in [0.4, 0.5) is 5.69 Å². The van der Waals surface area contributed by atoms with Crippen molar-refractivity contribution < 1.29 is 19.4 Å². The van der Waals surface area contributed by atoms with Crippen LogP contribution < -0.4 is 14.4 Å². The van der Waals surface area contributed by atoms with Gasteiger partial charge in [0, 0.05) is 48.8 Å². The zero-order valence-electron chi connectivity index (χ0n) is 19.7. The Bertz CT molecular complexity index is 1300. The van der Waals surface area contributed by atoms with Crippen LogP contribution in [0.15, 0.2) is 79.0 Å². The van der Waals surface area contributed by atoms with E-state index in [2.05, 4.69) is 9.88 Å². The normalized spacial score (nSPS) is 15.2. The highest BCUT2D eigenvalue weighted by atomic mass is 16.5. The van der Waals surface area contributed by atoms with E-state index in [4.69, 9.17) is 9.47 Å². The maximum absolute atomic E-state index is 12.5. The molecule has 180 valence electrons. The largest absolute Gasteiger partial charge is 0.495 e. The summed E-state index contributed by atoms with van der Waals surface area (Å²) >= 11 is 0. The molecular weight excluding hydrogens is 442 g/mol. The van der Waals surface area contributed by atoms with Crippen LogP contribution in [-0.2, 0) is 11.4 Å². The molecule has 0 amide bonds. The summed E-state index contributed by atoms with van der Waals surface area (Å²) in [4.78, 5) is 20.0. The Kier molecular flexibility index (Phi) is 6.59. The second-order valence-electron chi connectivity index (χ2n) is 8.66. The smallest absolute Gasteiger partial charge is 0.325 e. The van der Waals surface area contributed by atoms with Gasteiger partial charge in [-0.25, -0.2) is 0 Å². The first-order valence-corrected chi connectivity index (χ1v) is 11.8. The number of aromatic amines is 1. The monoisotopic (exact) mass is 471 g/mol. The average Bonchev–Trinajstić information content (AvgIpc) is 3.31. The first-order valence-electron chi connectivity index (χ1n) is 11.8. The molecule has 0 bridgehead atoms. The number of piperazine rings is 1. The minimum atomic E-state index is -0.854. The summed E-state index contributed by atoms with van der Waals surface area (Å²) < 4.78 is 11.5. The number of carbonyl (C=O) groups is 1. The van der Waals surface area contributed by atoms with Crippen LogP contribution >= 0.6 is 0 Å². The number of fused-ring (bicyclic) bond motifs is 1. The molecule has 0 saturated carbocycles. The lowest BCUT2D eigenvalue weighted by Crippen LogP contribution is -2.49. The number of nitrogens with one attached hydrogen (secondary N) is 1. The van der Waals surface area contributed by atoms with Crippen molar-refractivity contribution in [3.8, 4) is 11.5 Å². The molecule has 2 heterocycles. The van der Waals surface area contributed by atoms with E-state index in [0.717, 1.165) is 46.6 Å². The summed E-state index contributed by atoms with van der Waals surface area (Å²) in [5.41, 5.74) is 3.77. The number of aliphatic carboxylic acids is 1. The van der Waals surface area contributed by atoms with Gasteiger partial charge in [0.1, 0.15) is 24.1 Å². The van der Waals surface area contributed by atoms with Gasteiger partial charge in [-0.15, -0.1) is 0 Å². The molecule has 1 aromatic heterocycles. The first kappa shape index (κ1) is 22.8. The number of anilines is 1. The number of ether oxygens (including phenoxy) is 2. The second kappa shape index (κ2) is 10.1. The maximum Gasteiger partial charge on any atom is 0.325 e. The Hall–Kier alpha value is -3.97. The van der Waals surface area contributed by atoms with Gasteiger partial charge in [0.2, 0.25) is 0 Å². The third-order valence-electron chi connectivity index (χ3n) is 6.57. The Labute approximate surface area is 204 Å². The van der Waals surface area contributed by atoms with Crippen molar-refractivity contribution in [2.24, 2.45) is 0 Å². The van der Waals surface area contributed by atoms with E-state index in [1.54, 1.807) is 7.11 Å². The van der Waals surface area contributed by atoms with Crippen molar-refractivity contribution in [2.75, 3.05) is 38.2 Å². The predicted molar refractivity (Wildman–Crippen MR) is 136 cm³/mol. The molecule has 0 radical (unpaired) electrons. The SMILES string of the molecule is COc1ccccc1N1CCN(C(C(=O)O)c2c[nH]c3ccc(OCc4ccccc4)cc23)CC1. The van der Waals surface area contributed by atoms with Crippen molar-refractivity contribution in [3.63, 3.8) is 0 Å². The number of rotatable bonds is 8.